The molecule has 0 unspecified atom stereocenters. The second-order valence-electron chi connectivity index (χ2n) is 9.45. The molecule has 2 saturated carbocycles. The molecule has 0 aromatic heterocycles. The molecule has 9 nitrogen and oxygen atoms in total. The third kappa shape index (κ3) is 6.48. The molecule has 1 aromatic rings. The highest BCUT2D eigenvalue weighted by Crippen LogP contribution is 2.42. The lowest BCUT2D eigenvalue weighted by Gasteiger charge is -2.42. The highest BCUT2D eigenvalue weighted by molar-refractivity contribution is 9.10. The normalized spacial score (nSPS) is 24.8. The Bertz CT molecular complexity index is 1070. The molecule has 1 atom stereocenters. The Morgan fingerprint density at radius 3 is 2.58 bits per heavy atom. The second kappa shape index (κ2) is 10.3. The number of hydrogen-bond donors (Lipinski definition) is 3. The SMILES string of the molecule is C[C@@H](CC1CCC2(CC1)OC(=O)NN=C2c1cc(OC(F)(F)F)ccc1Br)NC(=O)C(=O)NC1CC1. The summed E-state index contributed by atoms with van der Waals surface area (Å²) in [6.07, 6.45) is -1.17. The largest absolute Gasteiger partial charge is 0.573 e. The fourth-order valence-corrected chi connectivity index (χ4v) is 5.12. The monoisotopic (exact) mass is 574 g/mol. The molecule has 1 spiro atoms. The molecule has 196 valence electrons. The summed E-state index contributed by atoms with van der Waals surface area (Å²) in [7, 11) is 0. The minimum atomic E-state index is -4.86. The molecule has 2 fully saturated rings. The predicted octanol–water partition coefficient (Wildman–Crippen LogP) is 3.89. The van der Waals surface area contributed by atoms with E-state index in [0.717, 1.165) is 12.8 Å². The maximum atomic E-state index is 12.7. The van der Waals surface area contributed by atoms with E-state index in [1.54, 1.807) is 0 Å². The van der Waals surface area contributed by atoms with Crippen LogP contribution in [0.15, 0.2) is 27.8 Å². The van der Waals surface area contributed by atoms with E-state index in [2.05, 4.69) is 41.8 Å². The number of nitrogens with one attached hydrogen (secondary N) is 3. The van der Waals surface area contributed by atoms with Crippen molar-refractivity contribution in [3.63, 3.8) is 0 Å². The molecular formula is C23H26BrF3N4O5. The van der Waals surface area contributed by atoms with E-state index in [0.29, 0.717) is 47.9 Å². The van der Waals surface area contributed by atoms with Gasteiger partial charge in [0.2, 0.25) is 0 Å². The summed E-state index contributed by atoms with van der Waals surface area (Å²) in [5.41, 5.74) is 1.75. The quantitative estimate of drug-likeness (QED) is 0.445. The fourth-order valence-electron chi connectivity index (χ4n) is 4.69. The molecule has 3 aliphatic rings. The smallest absolute Gasteiger partial charge is 0.435 e. The van der Waals surface area contributed by atoms with Crippen molar-refractivity contribution in [1.82, 2.24) is 16.1 Å². The van der Waals surface area contributed by atoms with E-state index in [-0.39, 0.29) is 18.0 Å². The summed E-state index contributed by atoms with van der Waals surface area (Å²) < 4.78 is 48.5. The van der Waals surface area contributed by atoms with Crippen molar-refractivity contribution >= 4 is 39.5 Å². The molecule has 0 saturated heterocycles. The Morgan fingerprint density at radius 1 is 1.25 bits per heavy atom. The number of hydrazone groups is 1. The summed E-state index contributed by atoms with van der Waals surface area (Å²) in [5.74, 6) is -1.53. The lowest BCUT2D eigenvalue weighted by atomic mass is 9.73. The number of amides is 3. The standard InChI is InChI=1S/C23H26BrF3N4O5/c1-12(28-19(32)20(33)29-14-2-3-14)10-13-6-8-22(9-7-13)18(30-31-21(34)36-22)16-11-15(4-5-17(16)24)35-23(25,26)27/h4-5,11-14H,2-3,6-10H2,1H3,(H,28,32)(H,29,33)(H,31,34)/t12-,13?,22?/m0/s1. The average Bonchev–Trinajstić information content (AvgIpc) is 3.60. The summed E-state index contributed by atoms with van der Waals surface area (Å²) in [6, 6.07) is 3.65. The molecule has 1 aliphatic heterocycles. The van der Waals surface area contributed by atoms with Gasteiger partial charge in [-0.05, 0) is 76.0 Å². The number of hydrogen-bond acceptors (Lipinski definition) is 6. The number of halogens is 4. The van der Waals surface area contributed by atoms with Gasteiger partial charge in [-0.3, -0.25) is 9.59 Å². The van der Waals surface area contributed by atoms with Crippen LogP contribution >= 0.6 is 15.9 Å². The summed E-state index contributed by atoms with van der Waals surface area (Å²) in [4.78, 5) is 36.0. The van der Waals surface area contributed by atoms with Crippen LogP contribution in [0.2, 0.25) is 0 Å². The zero-order valence-electron chi connectivity index (χ0n) is 19.4. The summed E-state index contributed by atoms with van der Waals surface area (Å²) in [6.45, 7) is 1.83. The second-order valence-corrected chi connectivity index (χ2v) is 10.3. The molecule has 13 heteroatoms. The first-order valence-electron chi connectivity index (χ1n) is 11.7. The van der Waals surface area contributed by atoms with Crippen LogP contribution in [0.4, 0.5) is 18.0 Å². The third-order valence-electron chi connectivity index (χ3n) is 6.50. The number of carbonyl (C=O) groups excluding carboxylic acids is 3. The van der Waals surface area contributed by atoms with Crippen LogP contribution in [0.5, 0.6) is 5.75 Å². The molecule has 36 heavy (non-hydrogen) atoms. The van der Waals surface area contributed by atoms with Gasteiger partial charge >= 0.3 is 24.3 Å². The van der Waals surface area contributed by atoms with E-state index in [4.69, 9.17) is 4.74 Å². The van der Waals surface area contributed by atoms with Gasteiger partial charge in [0.15, 0.2) is 5.60 Å². The number of benzene rings is 1. The zero-order valence-corrected chi connectivity index (χ0v) is 21.0. The maximum absolute atomic E-state index is 12.7. The van der Waals surface area contributed by atoms with Crippen molar-refractivity contribution < 1.29 is 37.0 Å². The van der Waals surface area contributed by atoms with Crippen LogP contribution in [-0.2, 0) is 14.3 Å². The van der Waals surface area contributed by atoms with Crippen LogP contribution in [0.1, 0.15) is 57.4 Å². The minimum absolute atomic E-state index is 0.0948. The Morgan fingerprint density at radius 2 is 1.94 bits per heavy atom. The molecule has 2 aliphatic carbocycles. The molecule has 0 bridgehead atoms. The molecule has 1 heterocycles. The van der Waals surface area contributed by atoms with Gasteiger partial charge in [0.05, 0.1) is 0 Å². The average molecular weight is 575 g/mol. The van der Waals surface area contributed by atoms with Crippen LogP contribution in [0.25, 0.3) is 0 Å². The van der Waals surface area contributed by atoms with Crippen LogP contribution < -0.4 is 20.8 Å². The minimum Gasteiger partial charge on any atom is -0.435 e. The summed E-state index contributed by atoms with van der Waals surface area (Å²) >= 11 is 3.35. The first kappa shape index (κ1) is 26.2. The van der Waals surface area contributed by atoms with Gasteiger partial charge in [0.1, 0.15) is 11.5 Å². The van der Waals surface area contributed by atoms with Gasteiger partial charge in [-0.25, -0.2) is 10.2 Å². The van der Waals surface area contributed by atoms with Gasteiger partial charge in [0.25, 0.3) is 0 Å². The number of rotatable bonds is 6. The van der Waals surface area contributed by atoms with Gasteiger partial charge in [-0.15, -0.1) is 13.2 Å². The number of alkyl halides is 3. The van der Waals surface area contributed by atoms with Crippen molar-refractivity contribution in [2.24, 2.45) is 11.0 Å². The van der Waals surface area contributed by atoms with Crippen molar-refractivity contribution in [1.29, 1.82) is 0 Å². The lowest BCUT2D eigenvalue weighted by molar-refractivity contribution is -0.274. The van der Waals surface area contributed by atoms with Gasteiger partial charge < -0.3 is 20.1 Å². The lowest BCUT2D eigenvalue weighted by Crippen LogP contribution is -2.52. The molecule has 3 amide bonds. The Hall–Kier alpha value is -2.83. The van der Waals surface area contributed by atoms with E-state index >= 15 is 0 Å². The first-order valence-corrected chi connectivity index (χ1v) is 12.5. The van der Waals surface area contributed by atoms with Crippen molar-refractivity contribution in [2.75, 3.05) is 0 Å². The van der Waals surface area contributed by atoms with Crippen LogP contribution in [0.3, 0.4) is 0 Å². The fraction of sp³-hybridized carbons (Fsp3) is 0.565. The predicted molar refractivity (Wildman–Crippen MR) is 125 cm³/mol. The Balaban J connectivity index is 1.42. The molecule has 0 radical (unpaired) electrons. The zero-order chi connectivity index (χ0) is 26.1. The molecule has 1 aromatic carbocycles. The van der Waals surface area contributed by atoms with Gasteiger partial charge in [-0.2, -0.15) is 5.10 Å². The topological polar surface area (TPSA) is 118 Å². The molecule has 4 rings (SSSR count). The van der Waals surface area contributed by atoms with Crippen molar-refractivity contribution in [3.8, 4) is 5.75 Å². The van der Waals surface area contributed by atoms with E-state index in [9.17, 15) is 27.6 Å². The number of nitrogens with zero attached hydrogens (tertiary/aromatic N) is 1. The van der Waals surface area contributed by atoms with Gasteiger partial charge in [0, 0.05) is 22.1 Å². The maximum Gasteiger partial charge on any atom is 0.573 e. The third-order valence-corrected chi connectivity index (χ3v) is 7.19. The number of ether oxygens (including phenoxy) is 2. The number of carbonyl (C=O) groups is 3. The van der Waals surface area contributed by atoms with Crippen molar-refractivity contribution in [2.45, 2.75) is 75.9 Å². The van der Waals surface area contributed by atoms with Crippen LogP contribution in [0, 0.1) is 5.92 Å². The highest BCUT2D eigenvalue weighted by atomic mass is 79.9. The molecular weight excluding hydrogens is 549 g/mol. The van der Waals surface area contributed by atoms with Crippen LogP contribution in [-0.4, -0.2) is 47.7 Å². The first-order chi connectivity index (χ1) is 16.9. The van der Waals surface area contributed by atoms with E-state index < -0.39 is 35.6 Å². The molecule has 3 N–H and O–H groups in total. The summed E-state index contributed by atoms with van der Waals surface area (Å²) in [5, 5.41) is 9.53. The van der Waals surface area contributed by atoms with Gasteiger partial charge in [-0.1, -0.05) is 15.9 Å². The highest BCUT2D eigenvalue weighted by Gasteiger charge is 2.47. The Labute approximate surface area is 213 Å². The van der Waals surface area contributed by atoms with Crippen molar-refractivity contribution in [3.05, 3.63) is 28.2 Å². The van der Waals surface area contributed by atoms with E-state index in [1.807, 2.05) is 6.92 Å². The Kier molecular flexibility index (Phi) is 7.48. The van der Waals surface area contributed by atoms with E-state index in [1.165, 1.54) is 18.2 Å².